The van der Waals surface area contributed by atoms with Crippen molar-refractivity contribution in [2.75, 3.05) is 0 Å². The fourth-order valence-corrected chi connectivity index (χ4v) is 7.07. The number of thiophene rings is 3. The van der Waals surface area contributed by atoms with Gasteiger partial charge in [0.05, 0.1) is 9.40 Å². The molecule has 4 rings (SSSR count). The molecule has 0 aliphatic carbocycles. The van der Waals surface area contributed by atoms with Crippen molar-refractivity contribution < 1.29 is 0 Å². The molecule has 0 saturated heterocycles. The molecule has 3 heterocycles. The topological polar surface area (TPSA) is 0 Å². The number of fused-ring (bicyclic) bond motifs is 6. The quantitative estimate of drug-likeness (QED) is 0.320. The maximum atomic E-state index is 2.29. The molecule has 0 saturated carbocycles. The molecule has 0 amide bonds. The largest absolute Gasteiger partial charge is 0.140 e. The molecule has 0 atom stereocenters. The molecule has 21 heavy (non-hydrogen) atoms. The SMILES string of the molecule is Cc1sc2c3sc(C)c(C)c3c3c(C)c(C)sc3c2c1C. The van der Waals surface area contributed by atoms with Crippen molar-refractivity contribution in [1.82, 2.24) is 0 Å². The van der Waals surface area contributed by atoms with Crippen molar-refractivity contribution >= 4 is 64.3 Å². The second-order valence-electron chi connectivity index (χ2n) is 5.96. The van der Waals surface area contributed by atoms with Crippen LogP contribution in [0.15, 0.2) is 0 Å². The maximum Gasteiger partial charge on any atom is 0.0541 e. The molecular weight excluding hydrogens is 312 g/mol. The highest BCUT2D eigenvalue weighted by Gasteiger charge is 2.21. The third-order valence-electron chi connectivity index (χ3n) is 4.84. The van der Waals surface area contributed by atoms with Gasteiger partial charge in [0.1, 0.15) is 0 Å². The van der Waals surface area contributed by atoms with Crippen LogP contribution in [0.2, 0.25) is 0 Å². The lowest BCUT2D eigenvalue weighted by atomic mass is 10.0. The van der Waals surface area contributed by atoms with Gasteiger partial charge in [-0.1, -0.05) is 0 Å². The van der Waals surface area contributed by atoms with E-state index in [0.29, 0.717) is 0 Å². The summed E-state index contributed by atoms with van der Waals surface area (Å²) in [7, 11) is 0. The molecule has 3 heteroatoms. The van der Waals surface area contributed by atoms with E-state index in [-0.39, 0.29) is 0 Å². The van der Waals surface area contributed by atoms with Crippen LogP contribution in [-0.2, 0) is 0 Å². The normalized spacial score (nSPS) is 12.3. The van der Waals surface area contributed by atoms with Crippen LogP contribution in [0.25, 0.3) is 30.3 Å². The highest BCUT2D eigenvalue weighted by molar-refractivity contribution is 7.29. The molecule has 0 bridgehead atoms. The Kier molecular flexibility index (Phi) is 2.82. The highest BCUT2D eigenvalue weighted by atomic mass is 32.1. The predicted molar refractivity (Wildman–Crippen MR) is 101 cm³/mol. The lowest BCUT2D eigenvalue weighted by Gasteiger charge is -2.02. The second-order valence-corrected chi connectivity index (χ2v) is 9.64. The van der Waals surface area contributed by atoms with Gasteiger partial charge in [-0.3, -0.25) is 0 Å². The fraction of sp³-hybridized carbons (Fsp3) is 0.333. The van der Waals surface area contributed by atoms with Gasteiger partial charge < -0.3 is 0 Å². The summed E-state index contributed by atoms with van der Waals surface area (Å²) >= 11 is 5.94. The third kappa shape index (κ3) is 1.60. The van der Waals surface area contributed by atoms with Crippen LogP contribution in [-0.4, -0.2) is 0 Å². The Labute approximate surface area is 137 Å². The summed E-state index contributed by atoms with van der Waals surface area (Å²) in [6.07, 6.45) is 0. The summed E-state index contributed by atoms with van der Waals surface area (Å²) in [4.78, 5) is 4.39. The minimum atomic E-state index is 1.46. The monoisotopic (exact) mass is 330 g/mol. The fourth-order valence-electron chi connectivity index (χ4n) is 3.25. The van der Waals surface area contributed by atoms with E-state index >= 15 is 0 Å². The molecular formula is C18H18S3. The zero-order chi connectivity index (χ0) is 15.0. The minimum absolute atomic E-state index is 1.46. The van der Waals surface area contributed by atoms with Crippen LogP contribution < -0.4 is 0 Å². The summed E-state index contributed by atoms with van der Waals surface area (Å²) < 4.78 is 4.53. The molecule has 0 N–H and O–H groups in total. The zero-order valence-electron chi connectivity index (χ0n) is 13.2. The Bertz CT molecular complexity index is 1040. The molecule has 0 spiro atoms. The van der Waals surface area contributed by atoms with Gasteiger partial charge in [-0.25, -0.2) is 0 Å². The van der Waals surface area contributed by atoms with Gasteiger partial charge >= 0.3 is 0 Å². The molecule has 1 aromatic carbocycles. The molecule has 0 fully saturated rings. The van der Waals surface area contributed by atoms with Gasteiger partial charge in [-0.15, -0.1) is 34.0 Å². The van der Waals surface area contributed by atoms with E-state index in [4.69, 9.17) is 0 Å². The van der Waals surface area contributed by atoms with E-state index in [1.165, 1.54) is 61.6 Å². The first-order valence-electron chi connectivity index (χ1n) is 7.22. The van der Waals surface area contributed by atoms with Crippen LogP contribution in [0.3, 0.4) is 0 Å². The van der Waals surface area contributed by atoms with Crippen molar-refractivity contribution in [2.45, 2.75) is 41.5 Å². The minimum Gasteiger partial charge on any atom is -0.140 e. The first kappa shape index (κ1) is 13.7. The van der Waals surface area contributed by atoms with Crippen molar-refractivity contribution in [3.05, 3.63) is 31.3 Å². The van der Waals surface area contributed by atoms with Crippen LogP contribution in [0.1, 0.15) is 31.3 Å². The summed E-state index contributed by atoms with van der Waals surface area (Å²) in [5.41, 5.74) is 4.43. The van der Waals surface area contributed by atoms with Crippen LogP contribution in [0, 0.1) is 41.5 Å². The van der Waals surface area contributed by atoms with Gasteiger partial charge in [0.25, 0.3) is 0 Å². The standard InChI is InChI=1S/C18H18S3/c1-7-10(4)19-16-13(7)14-8(2)11(5)20-17(14)18-15(16)9(3)12(6)21-18/h1-6H3. The van der Waals surface area contributed by atoms with E-state index in [0.717, 1.165) is 0 Å². The van der Waals surface area contributed by atoms with E-state index in [2.05, 4.69) is 41.5 Å². The number of hydrogen-bond donors (Lipinski definition) is 0. The van der Waals surface area contributed by atoms with Gasteiger partial charge in [0, 0.05) is 35.5 Å². The predicted octanol–water partition coefficient (Wildman–Crippen LogP) is 7.18. The summed E-state index contributed by atoms with van der Waals surface area (Å²) in [5.74, 6) is 0. The van der Waals surface area contributed by atoms with Gasteiger partial charge in [0.2, 0.25) is 0 Å². The smallest absolute Gasteiger partial charge is 0.0541 e. The van der Waals surface area contributed by atoms with Crippen LogP contribution in [0.5, 0.6) is 0 Å². The van der Waals surface area contributed by atoms with E-state index < -0.39 is 0 Å². The zero-order valence-corrected chi connectivity index (χ0v) is 15.7. The average Bonchev–Trinajstić information content (AvgIpc) is 3.00. The van der Waals surface area contributed by atoms with Gasteiger partial charge in [0.15, 0.2) is 0 Å². The Hall–Kier alpha value is -0.900. The van der Waals surface area contributed by atoms with Crippen molar-refractivity contribution in [1.29, 1.82) is 0 Å². The first-order valence-corrected chi connectivity index (χ1v) is 9.67. The molecule has 0 aliphatic rings. The number of rotatable bonds is 0. The summed E-state index contributed by atoms with van der Waals surface area (Å²) in [6, 6.07) is 0. The van der Waals surface area contributed by atoms with Gasteiger partial charge in [-0.05, 0) is 58.2 Å². The van der Waals surface area contributed by atoms with Crippen LogP contribution in [0.4, 0.5) is 0 Å². The number of benzene rings is 1. The lowest BCUT2D eigenvalue weighted by molar-refractivity contribution is 1.46. The van der Waals surface area contributed by atoms with Gasteiger partial charge in [-0.2, -0.15) is 0 Å². The van der Waals surface area contributed by atoms with Crippen molar-refractivity contribution in [2.24, 2.45) is 0 Å². The summed E-state index contributed by atoms with van der Waals surface area (Å²) in [5, 5.41) is 4.55. The molecule has 4 aromatic rings. The van der Waals surface area contributed by atoms with Crippen LogP contribution >= 0.6 is 34.0 Å². The Balaban J connectivity index is 2.49. The lowest BCUT2D eigenvalue weighted by Crippen LogP contribution is -1.79. The second kappa shape index (κ2) is 4.31. The van der Waals surface area contributed by atoms with E-state index in [1.54, 1.807) is 0 Å². The van der Waals surface area contributed by atoms with Crippen molar-refractivity contribution in [3.63, 3.8) is 0 Å². The Morgan fingerprint density at radius 3 is 1.29 bits per heavy atom. The Morgan fingerprint density at radius 2 is 0.762 bits per heavy atom. The molecule has 108 valence electrons. The first-order chi connectivity index (χ1) is 9.91. The van der Waals surface area contributed by atoms with E-state index in [9.17, 15) is 0 Å². The Morgan fingerprint density at radius 1 is 0.429 bits per heavy atom. The number of hydrogen-bond acceptors (Lipinski definition) is 3. The highest BCUT2D eigenvalue weighted by Crippen LogP contribution is 2.50. The average molecular weight is 331 g/mol. The maximum absolute atomic E-state index is 2.29. The number of aryl methyl sites for hydroxylation is 6. The van der Waals surface area contributed by atoms with E-state index in [1.807, 2.05) is 34.0 Å². The molecule has 0 radical (unpaired) electrons. The molecule has 0 nitrogen and oxygen atoms in total. The third-order valence-corrected chi connectivity index (χ3v) is 8.64. The molecule has 0 unspecified atom stereocenters. The van der Waals surface area contributed by atoms with Crippen molar-refractivity contribution in [3.8, 4) is 0 Å². The molecule has 0 aliphatic heterocycles. The summed E-state index contributed by atoms with van der Waals surface area (Å²) in [6.45, 7) is 13.7. The molecule has 3 aromatic heterocycles.